The molecular weight excluding hydrogens is 218 g/mol. The van der Waals surface area contributed by atoms with E-state index in [0.717, 1.165) is 16.8 Å². The lowest BCUT2D eigenvalue weighted by molar-refractivity contribution is 0.495. The van der Waals surface area contributed by atoms with E-state index in [-0.39, 0.29) is 6.04 Å². The van der Waals surface area contributed by atoms with Crippen LogP contribution >= 0.6 is 15.9 Å². The van der Waals surface area contributed by atoms with Gasteiger partial charge in [-0.3, -0.25) is 0 Å². The van der Waals surface area contributed by atoms with Gasteiger partial charge in [-0.25, -0.2) is 4.98 Å². The van der Waals surface area contributed by atoms with Gasteiger partial charge in [0.15, 0.2) is 0 Å². The van der Waals surface area contributed by atoms with Crippen molar-refractivity contribution in [3.05, 3.63) is 16.6 Å². The molecule has 0 aliphatic rings. The van der Waals surface area contributed by atoms with E-state index in [1.807, 2.05) is 0 Å². The van der Waals surface area contributed by atoms with Gasteiger partial charge in [0, 0.05) is 0 Å². The van der Waals surface area contributed by atoms with Crippen LogP contribution in [0.3, 0.4) is 0 Å². The molecule has 0 saturated heterocycles. The molecule has 12 heavy (non-hydrogen) atoms. The minimum Gasteiger partial charge on any atom is -0.335 e. The molecule has 0 radical (unpaired) electrons. The van der Waals surface area contributed by atoms with Crippen LogP contribution in [0.25, 0.3) is 0 Å². The number of aromatic amines is 1. The van der Waals surface area contributed by atoms with E-state index in [2.05, 4.69) is 39.7 Å². The van der Waals surface area contributed by atoms with Crippen molar-refractivity contribution < 1.29 is 0 Å². The summed E-state index contributed by atoms with van der Waals surface area (Å²) in [7, 11) is 0. The maximum Gasteiger partial charge on any atom is 0.123 e. The Hall–Kier alpha value is -0.350. The number of nitrogens with zero attached hydrogens (tertiary/aromatic N) is 1. The molecule has 68 valence electrons. The molecule has 0 bridgehead atoms. The van der Waals surface area contributed by atoms with Gasteiger partial charge in [0.2, 0.25) is 0 Å². The fraction of sp³-hybridized carbons (Fsp3) is 0.625. The van der Waals surface area contributed by atoms with E-state index in [0.29, 0.717) is 5.92 Å². The van der Waals surface area contributed by atoms with Crippen LogP contribution in [-0.4, -0.2) is 9.97 Å². The average molecular weight is 232 g/mol. The Morgan fingerprint density at radius 2 is 2.33 bits per heavy atom. The molecule has 0 aliphatic heterocycles. The first kappa shape index (κ1) is 9.74. The van der Waals surface area contributed by atoms with Crippen LogP contribution in [-0.2, 0) is 0 Å². The molecule has 1 rings (SSSR count). The van der Waals surface area contributed by atoms with E-state index in [4.69, 9.17) is 5.73 Å². The van der Waals surface area contributed by atoms with Gasteiger partial charge in [-0.1, -0.05) is 13.8 Å². The molecule has 0 aromatic carbocycles. The van der Waals surface area contributed by atoms with Crippen LogP contribution in [0.5, 0.6) is 0 Å². The Morgan fingerprint density at radius 1 is 1.67 bits per heavy atom. The molecule has 0 amide bonds. The van der Waals surface area contributed by atoms with E-state index < -0.39 is 0 Å². The van der Waals surface area contributed by atoms with Crippen molar-refractivity contribution in [3.63, 3.8) is 0 Å². The van der Waals surface area contributed by atoms with Gasteiger partial charge in [0.05, 0.1) is 12.2 Å². The highest BCUT2D eigenvalue weighted by atomic mass is 79.9. The molecule has 1 aromatic heterocycles. The first-order valence-corrected chi connectivity index (χ1v) is 4.85. The van der Waals surface area contributed by atoms with Gasteiger partial charge < -0.3 is 10.7 Å². The van der Waals surface area contributed by atoms with Crippen molar-refractivity contribution in [1.82, 2.24) is 9.97 Å². The summed E-state index contributed by atoms with van der Waals surface area (Å²) in [6.07, 6.45) is 2.69. The summed E-state index contributed by atoms with van der Waals surface area (Å²) >= 11 is 3.29. The smallest absolute Gasteiger partial charge is 0.123 e. The molecule has 1 heterocycles. The van der Waals surface area contributed by atoms with Gasteiger partial charge in [-0.05, 0) is 28.3 Å². The van der Waals surface area contributed by atoms with Crippen LogP contribution in [0, 0.1) is 5.92 Å². The second kappa shape index (κ2) is 4.05. The number of imidazole rings is 1. The standard InChI is InChI=1S/C8H14BrN3/c1-5(2)3-6(10)8-11-4-7(9)12-8/h4-6H,3,10H2,1-2H3,(H,11,12). The number of nitrogens with two attached hydrogens (primary N) is 1. The monoisotopic (exact) mass is 231 g/mol. The molecule has 1 atom stereocenters. The van der Waals surface area contributed by atoms with Crippen molar-refractivity contribution in [2.24, 2.45) is 11.7 Å². The minimum absolute atomic E-state index is 0.0244. The van der Waals surface area contributed by atoms with Gasteiger partial charge in [0.25, 0.3) is 0 Å². The highest BCUT2D eigenvalue weighted by Crippen LogP contribution is 2.17. The maximum absolute atomic E-state index is 5.89. The lowest BCUT2D eigenvalue weighted by Crippen LogP contribution is -2.14. The third-order valence-corrected chi connectivity index (χ3v) is 2.04. The van der Waals surface area contributed by atoms with E-state index in [1.165, 1.54) is 0 Å². The predicted molar refractivity (Wildman–Crippen MR) is 52.7 cm³/mol. The van der Waals surface area contributed by atoms with E-state index in [9.17, 15) is 0 Å². The van der Waals surface area contributed by atoms with Crippen LogP contribution in [0.15, 0.2) is 10.8 Å². The van der Waals surface area contributed by atoms with E-state index in [1.54, 1.807) is 6.20 Å². The summed E-state index contributed by atoms with van der Waals surface area (Å²) in [5, 5.41) is 0. The zero-order valence-corrected chi connectivity index (χ0v) is 8.93. The van der Waals surface area contributed by atoms with Crippen molar-refractivity contribution in [2.75, 3.05) is 0 Å². The van der Waals surface area contributed by atoms with E-state index >= 15 is 0 Å². The highest BCUT2D eigenvalue weighted by Gasteiger charge is 2.10. The summed E-state index contributed by atoms with van der Waals surface area (Å²) in [6, 6.07) is 0.0244. The molecule has 1 unspecified atom stereocenters. The van der Waals surface area contributed by atoms with Crippen LogP contribution < -0.4 is 5.73 Å². The van der Waals surface area contributed by atoms with Crippen molar-refractivity contribution in [2.45, 2.75) is 26.3 Å². The SMILES string of the molecule is CC(C)CC(N)c1ncc(Br)[nH]1. The predicted octanol–water partition coefficient (Wildman–Crippen LogP) is 2.22. The molecule has 1 aromatic rings. The molecule has 0 spiro atoms. The van der Waals surface area contributed by atoms with Crippen molar-refractivity contribution in [3.8, 4) is 0 Å². The fourth-order valence-corrected chi connectivity index (χ4v) is 1.43. The summed E-state index contributed by atoms with van der Waals surface area (Å²) in [6.45, 7) is 4.30. The zero-order chi connectivity index (χ0) is 9.14. The molecule has 4 heteroatoms. The maximum atomic E-state index is 5.89. The van der Waals surface area contributed by atoms with Crippen molar-refractivity contribution in [1.29, 1.82) is 0 Å². The molecule has 0 saturated carbocycles. The molecule has 3 nitrogen and oxygen atoms in total. The van der Waals surface area contributed by atoms with Gasteiger partial charge in [-0.15, -0.1) is 0 Å². The second-order valence-corrected chi connectivity index (χ2v) is 4.21. The van der Waals surface area contributed by atoms with Crippen LogP contribution in [0.2, 0.25) is 0 Å². The Kier molecular flexibility index (Phi) is 3.29. The number of halogens is 1. The lowest BCUT2D eigenvalue weighted by atomic mass is 10.0. The fourth-order valence-electron chi connectivity index (χ4n) is 1.12. The summed E-state index contributed by atoms with van der Waals surface area (Å²) in [5.41, 5.74) is 5.89. The number of hydrogen-bond acceptors (Lipinski definition) is 2. The summed E-state index contributed by atoms with van der Waals surface area (Å²) < 4.78 is 0.886. The largest absolute Gasteiger partial charge is 0.335 e. The molecule has 0 fully saturated rings. The Bertz CT molecular complexity index is 244. The summed E-state index contributed by atoms with van der Waals surface area (Å²) in [5.74, 6) is 1.46. The topological polar surface area (TPSA) is 54.7 Å². The number of H-pyrrole nitrogens is 1. The van der Waals surface area contributed by atoms with Crippen molar-refractivity contribution >= 4 is 15.9 Å². The average Bonchev–Trinajstić information content (AvgIpc) is 2.34. The first-order chi connectivity index (χ1) is 5.59. The number of rotatable bonds is 3. The highest BCUT2D eigenvalue weighted by molar-refractivity contribution is 9.10. The van der Waals surface area contributed by atoms with Crippen LogP contribution in [0.4, 0.5) is 0 Å². The normalized spacial score (nSPS) is 13.8. The molecule has 0 aliphatic carbocycles. The van der Waals surface area contributed by atoms with Gasteiger partial charge >= 0.3 is 0 Å². The summed E-state index contributed by atoms with van der Waals surface area (Å²) in [4.78, 5) is 7.20. The van der Waals surface area contributed by atoms with Crippen LogP contribution in [0.1, 0.15) is 32.1 Å². The lowest BCUT2D eigenvalue weighted by Gasteiger charge is -2.10. The molecule has 3 N–H and O–H groups in total. The Labute approximate surface area is 80.9 Å². The third kappa shape index (κ3) is 2.60. The third-order valence-electron chi connectivity index (χ3n) is 1.64. The van der Waals surface area contributed by atoms with Gasteiger partial charge in [-0.2, -0.15) is 0 Å². The quantitative estimate of drug-likeness (QED) is 0.839. The first-order valence-electron chi connectivity index (χ1n) is 4.05. The second-order valence-electron chi connectivity index (χ2n) is 3.35. The zero-order valence-electron chi connectivity index (χ0n) is 7.34. The number of hydrogen-bond donors (Lipinski definition) is 2. The Balaban J connectivity index is 2.58. The molecular formula is C8H14BrN3. The van der Waals surface area contributed by atoms with Gasteiger partial charge in [0.1, 0.15) is 10.4 Å². The Morgan fingerprint density at radius 3 is 2.75 bits per heavy atom. The minimum atomic E-state index is 0.0244. The number of aromatic nitrogens is 2. The number of nitrogens with one attached hydrogen (secondary N) is 1.